The molecule has 1 saturated heterocycles. The number of carbonyl (C=O) groups is 2. The van der Waals surface area contributed by atoms with Gasteiger partial charge in [-0.25, -0.2) is 9.69 Å². The number of benzene rings is 1. The minimum atomic E-state index is -1.42. The summed E-state index contributed by atoms with van der Waals surface area (Å²) < 4.78 is 16.0. The molecule has 1 unspecified atom stereocenters. The summed E-state index contributed by atoms with van der Waals surface area (Å²) in [5.41, 5.74) is 0.948. The predicted molar refractivity (Wildman–Crippen MR) is 100 cm³/mol. The Morgan fingerprint density at radius 3 is 2.68 bits per heavy atom. The molecule has 0 aliphatic carbocycles. The van der Waals surface area contributed by atoms with Gasteiger partial charge in [-0.05, 0) is 12.5 Å². The SMILES string of the molecule is C=C1C[C@H]2C(O)N(C(=O)O)c3cc(OCCCOC)c(OC)cc3C(=O)N2C1. The van der Waals surface area contributed by atoms with Gasteiger partial charge < -0.3 is 29.3 Å². The van der Waals surface area contributed by atoms with Crippen molar-refractivity contribution in [3.63, 3.8) is 0 Å². The van der Waals surface area contributed by atoms with E-state index in [1.54, 1.807) is 7.11 Å². The van der Waals surface area contributed by atoms with Gasteiger partial charge in [0.2, 0.25) is 0 Å². The number of ether oxygens (including phenoxy) is 3. The van der Waals surface area contributed by atoms with E-state index in [1.807, 2.05) is 0 Å². The van der Waals surface area contributed by atoms with Crippen LogP contribution in [0.1, 0.15) is 23.2 Å². The highest BCUT2D eigenvalue weighted by Gasteiger charge is 2.45. The number of fused-ring (bicyclic) bond motifs is 2. The number of rotatable bonds is 6. The summed E-state index contributed by atoms with van der Waals surface area (Å²) >= 11 is 0. The number of aliphatic hydroxyl groups is 1. The molecule has 9 heteroatoms. The van der Waals surface area contributed by atoms with Crippen LogP contribution >= 0.6 is 0 Å². The molecular weight excluding hydrogens is 368 g/mol. The van der Waals surface area contributed by atoms with Gasteiger partial charge in [0, 0.05) is 32.7 Å². The summed E-state index contributed by atoms with van der Waals surface area (Å²) in [5, 5.41) is 20.5. The predicted octanol–water partition coefficient (Wildman–Crippen LogP) is 1.70. The van der Waals surface area contributed by atoms with E-state index < -0.39 is 18.4 Å². The number of hydrogen-bond acceptors (Lipinski definition) is 6. The fourth-order valence-electron chi connectivity index (χ4n) is 3.58. The average Bonchev–Trinajstić information content (AvgIpc) is 3.03. The van der Waals surface area contributed by atoms with Gasteiger partial charge in [0.15, 0.2) is 17.7 Å². The first kappa shape index (κ1) is 20.0. The zero-order valence-electron chi connectivity index (χ0n) is 15.9. The Kier molecular flexibility index (Phi) is 5.76. The Balaban J connectivity index is 2.06. The number of carboxylic acid groups (broad SMARTS) is 1. The molecule has 0 saturated carbocycles. The molecule has 1 fully saturated rings. The first-order valence-electron chi connectivity index (χ1n) is 8.90. The molecule has 1 aromatic rings. The molecule has 2 atom stereocenters. The lowest BCUT2D eigenvalue weighted by Gasteiger charge is -2.30. The Bertz CT molecular complexity index is 795. The van der Waals surface area contributed by atoms with Crippen LogP contribution in [-0.4, -0.2) is 73.4 Å². The van der Waals surface area contributed by atoms with Crippen LogP contribution in [0, 0.1) is 0 Å². The minimum absolute atomic E-state index is 0.0625. The van der Waals surface area contributed by atoms with E-state index >= 15 is 0 Å². The highest BCUT2D eigenvalue weighted by molar-refractivity contribution is 6.05. The maximum Gasteiger partial charge on any atom is 0.414 e. The average molecular weight is 392 g/mol. The van der Waals surface area contributed by atoms with Crippen LogP contribution in [0.4, 0.5) is 10.5 Å². The van der Waals surface area contributed by atoms with Gasteiger partial charge in [-0.3, -0.25) is 4.79 Å². The molecule has 152 valence electrons. The molecule has 0 spiro atoms. The van der Waals surface area contributed by atoms with E-state index in [-0.39, 0.29) is 29.5 Å². The molecule has 0 aromatic heterocycles. The topological polar surface area (TPSA) is 109 Å². The van der Waals surface area contributed by atoms with Crippen molar-refractivity contribution in [1.82, 2.24) is 4.90 Å². The van der Waals surface area contributed by atoms with E-state index in [2.05, 4.69) is 6.58 Å². The highest BCUT2D eigenvalue weighted by atomic mass is 16.5. The third kappa shape index (κ3) is 3.50. The van der Waals surface area contributed by atoms with Crippen molar-refractivity contribution in [1.29, 1.82) is 0 Å². The standard InChI is InChI=1S/C19H24N2O7/c1-11-7-14-18(23)21(19(24)25)13-9-16(28-6-4-5-26-2)15(27-3)8-12(13)17(22)20(14)10-11/h8-9,14,18,23H,1,4-7,10H2,2-3H3,(H,24,25)/t14-,18?/m0/s1. The molecule has 2 amide bonds. The summed E-state index contributed by atoms with van der Waals surface area (Å²) in [4.78, 5) is 27.3. The number of carbonyl (C=O) groups excluding carboxylic acids is 1. The normalized spacial score (nSPS) is 21.2. The molecule has 2 N–H and O–H groups in total. The lowest BCUT2D eigenvalue weighted by Crippen LogP contribution is -2.50. The smallest absolute Gasteiger partial charge is 0.414 e. The van der Waals surface area contributed by atoms with Crippen LogP contribution in [0.25, 0.3) is 0 Å². The Hall–Kier alpha value is -2.78. The fourth-order valence-corrected chi connectivity index (χ4v) is 3.58. The number of methoxy groups -OCH3 is 2. The number of anilines is 1. The first-order chi connectivity index (χ1) is 13.4. The van der Waals surface area contributed by atoms with Crippen LogP contribution in [-0.2, 0) is 4.74 Å². The second-order valence-electron chi connectivity index (χ2n) is 6.74. The van der Waals surface area contributed by atoms with Crippen LogP contribution in [0.5, 0.6) is 11.5 Å². The quantitative estimate of drug-likeness (QED) is 0.560. The van der Waals surface area contributed by atoms with Crippen molar-refractivity contribution in [2.45, 2.75) is 25.1 Å². The summed E-state index contributed by atoms with van der Waals surface area (Å²) in [6, 6.07) is 2.18. The zero-order valence-corrected chi connectivity index (χ0v) is 15.9. The monoisotopic (exact) mass is 392 g/mol. The van der Waals surface area contributed by atoms with Crippen LogP contribution < -0.4 is 14.4 Å². The van der Waals surface area contributed by atoms with Crippen molar-refractivity contribution in [2.24, 2.45) is 0 Å². The maximum atomic E-state index is 13.1. The molecule has 0 bridgehead atoms. The van der Waals surface area contributed by atoms with Gasteiger partial charge in [-0.15, -0.1) is 0 Å². The van der Waals surface area contributed by atoms with Gasteiger partial charge in [-0.2, -0.15) is 0 Å². The summed E-state index contributed by atoms with van der Waals surface area (Å²) in [7, 11) is 3.02. The molecule has 1 aromatic carbocycles. The van der Waals surface area contributed by atoms with Crippen molar-refractivity contribution >= 4 is 17.7 Å². The summed E-state index contributed by atoms with van der Waals surface area (Å²) in [6.45, 7) is 4.97. The molecular formula is C19H24N2O7. The van der Waals surface area contributed by atoms with Crippen molar-refractivity contribution in [2.75, 3.05) is 38.9 Å². The fraction of sp³-hybridized carbons (Fsp3) is 0.474. The van der Waals surface area contributed by atoms with Crippen molar-refractivity contribution < 1.29 is 34.0 Å². The maximum absolute atomic E-state index is 13.1. The summed E-state index contributed by atoms with van der Waals surface area (Å²) in [6.07, 6.45) is -1.82. The van der Waals surface area contributed by atoms with Gasteiger partial charge in [0.25, 0.3) is 5.91 Å². The molecule has 28 heavy (non-hydrogen) atoms. The Labute approximate surface area is 162 Å². The van der Waals surface area contributed by atoms with E-state index in [9.17, 15) is 19.8 Å². The van der Waals surface area contributed by atoms with E-state index in [4.69, 9.17) is 14.2 Å². The van der Waals surface area contributed by atoms with Crippen LogP contribution in [0.15, 0.2) is 24.3 Å². The van der Waals surface area contributed by atoms with Crippen molar-refractivity contribution in [3.8, 4) is 11.5 Å². The minimum Gasteiger partial charge on any atom is -0.493 e. The summed E-state index contributed by atoms with van der Waals surface area (Å²) in [5.74, 6) is 0.210. The zero-order chi connectivity index (χ0) is 20.4. The van der Waals surface area contributed by atoms with Gasteiger partial charge >= 0.3 is 6.09 Å². The molecule has 0 radical (unpaired) electrons. The van der Waals surface area contributed by atoms with Gasteiger partial charge in [-0.1, -0.05) is 12.2 Å². The third-order valence-corrected chi connectivity index (χ3v) is 4.89. The number of aliphatic hydroxyl groups excluding tert-OH is 1. The van der Waals surface area contributed by atoms with Crippen LogP contribution in [0.2, 0.25) is 0 Å². The number of nitrogens with zero attached hydrogens (tertiary/aromatic N) is 2. The van der Waals surface area contributed by atoms with E-state index in [1.165, 1.54) is 24.1 Å². The largest absolute Gasteiger partial charge is 0.493 e. The number of amides is 2. The van der Waals surface area contributed by atoms with Gasteiger partial charge in [0.05, 0.1) is 31.0 Å². The molecule has 2 aliphatic heterocycles. The lowest BCUT2D eigenvalue weighted by molar-refractivity contribution is 0.0511. The second kappa shape index (κ2) is 8.07. The first-order valence-corrected chi connectivity index (χ1v) is 8.90. The van der Waals surface area contributed by atoms with E-state index in [0.717, 1.165) is 10.5 Å². The van der Waals surface area contributed by atoms with Crippen molar-refractivity contribution in [3.05, 3.63) is 29.8 Å². The molecule has 2 aliphatic rings. The van der Waals surface area contributed by atoms with E-state index in [0.29, 0.717) is 31.8 Å². The molecule has 2 heterocycles. The molecule has 3 rings (SSSR count). The Morgan fingerprint density at radius 1 is 1.29 bits per heavy atom. The Morgan fingerprint density at radius 2 is 2.04 bits per heavy atom. The third-order valence-electron chi connectivity index (χ3n) is 4.89. The van der Waals surface area contributed by atoms with Gasteiger partial charge in [0.1, 0.15) is 0 Å². The highest BCUT2D eigenvalue weighted by Crippen LogP contribution is 2.41. The van der Waals surface area contributed by atoms with Crippen LogP contribution in [0.3, 0.4) is 0 Å². The molecule has 9 nitrogen and oxygen atoms in total. The second-order valence-corrected chi connectivity index (χ2v) is 6.74. The number of hydrogen-bond donors (Lipinski definition) is 2. The lowest BCUT2D eigenvalue weighted by atomic mass is 10.1.